The number of rotatable bonds is 0. The van der Waals surface area contributed by atoms with Crippen LogP contribution in [0.1, 0.15) is 44.1 Å². The maximum Gasteiger partial charge on any atom is 0.220 e. The Morgan fingerprint density at radius 3 is 2.60 bits per heavy atom. The average molecular weight is 207 g/mol. The van der Waals surface area contributed by atoms with Crippen molar-refractivity contribution in [2.45, 2.75) is 47.0 Å². The van der Waals surface area contributed by atoms with Crippen LogP contribution < -0.4 is 5.73 Å². The lowest BCUT2D eigenvalue weighted by Gasteiger charge is -2.21. The van der Waals surface area contributed by atoms with E-state index in [-0.39, 0.29) is 0 Å². The number of fused-ring (bicyclic) bond motifs is 1. The van der Waals surface area contributed by atoms with Crippen molar-refractivity contribution < 1.29 is 0 Å². The Labute approximate surface area is 92.1 Å². The molecule has 0 aliphatic heterocycles. The van der Waals surface area contributed by atoms with E-state index in [0.29, 0.717) is 5.95 Å². The van der Waals surface area contributed by atoms with Gasteiger partial charge in [0.25, 0.3) is 0 Å². The van der Waals surface area contributed by atoms with Crippen LogP contribution >= 0.6 is 0 Å². The van der Waals surface area contributed by atoms with E-state index in [1.54, 1.807) is 0 Å². The average Bonchev–Trinajstić information content (AvgIpc) is 2.19. The standard InChI is InChI=1S/C10H15N3.C2H6/c1-6-3-4-8-7(2)12-10(11)13-9(8)5-6;1-2/h6H,3-5H2,1-2H3,(H2,11,12,13);1-2H3. The molecule has 1 aromatic heterocycles. The minimum absolute atomic E-state index is 0.422. The van der Waals surface area contributed by atoms with Crippen LogP contribution in [0.25, 0.3) is 0 Å². The monoisotopic (exact) mass is 207 g/mol. The van der Waals surface area contributed by atoms with Gasteiger partial charge < -0.3 is 5.73 Å². The van der Waals surface area contributed by atoms with E-state index in [1.807, 2.05) is 20.8 Å². The molecule has 0 saturated heterocycles. The summed E-state index contributed by atoms with van der Waals surface area (Å²) >= 11 is 0. The molecule has 1 atom stereocenters. The normalized spacial score (nSPS) is 18.8. The minimum Gasteiger partial charge on any atom is -0.368 e. The predicted molar refractivity (Wildman–Crippen MR) is 63.7 cm³/mol. The fourth-order valence-electron chi connectivity index (χ4n) is 2.00. The molecule has 1 heterocycles. The van der Waals surface area contributed by atoms with Gasteiger partial charge in [-0.25, -0.2) is 9.97 Å². The number of hydrogen-bond donors (Lipinski definition) is 1. The number of nitrogen functional groups attached to an aromatic ring is 1. The largest absolute Gasteiger partial charge is 0.368 e. The first-order valence-corrected chi connectivity index (χ1v) is 5.78. The smallest absolute Gasteiger partial charge is 0.220 e. The van der Waals surface area contributed by atoms with Gasteiger partial charge in [0.05, 0.1) is 0 Å². The Bertz CT molecular complexity index is 334. The maximum absolute atomic E-state index is 5.61. The van der Waals surface area contributed by atoms with Crippen LogP contribution in [0, 0.1) is 12.8 Å². The Hall–Kier alpha value is -1.12. The van der Waals surface area contributed by atoms with Crippen LogP contribution in [-0.4, -0.2) is 9.97 Å². The van der Waals surface area contributed by atoms with Crippen molar-refractivity contribution in [2.24, 2.45) is 5.92 Å². The van der Waals surface area contributed by atoms with Crippen LogP contribution in [0.5, 0.6) is 0 Å². The van der Waals surface area contributed by atoms with Crippen LogP contribution in [0.15, 0.2) is 0 Å². The fraction of sp³-hybridized carbons (Fsp3) is 0.667. The highest BCUT2D eigenvalue weighted by atomic mass is 15.0. The molecule has 2 rings (SSSR count). The van der Waals surface area contributed by atoms with Gasteiger partial charge >= 0.3 is 0 Å². The molecule has 15 heavy (non-hydrogen) atoms. The summed E-state index contributed by atoms with van der Waals surface area (Å²) in [5, 5.41) is 0. The van der Waals surface area contributed by atoms with Gasteiger partial charge in [0.1, 0.15) is 0 Å². The molecule has 0 aromatic carbocycles. The molecular weight excluding hydrogens is 186 g/mol. The molecule has 0 saturated carbocycles. The molecule has 2 N–H and O–H groups in total. The van der Waals surface area contributed by atoms with Gasteiger partial charge in [-0.15, -0.1) is 0 Å². The van der Waals surface area contributed by atoms with E-state index in [2.05, 4.69) is 16.9 Å². The lowest BCUT2D eigenvalue weighted by Crippen LogP contribution is -2.16. The van der Waals surface area contributed by atoms with Crippen LogP contribution in [-0.2, 0) is 12.8 Å². The quantitative estimate of drug-likeness (QED) is 0.711. The summed E-state index contributed by atoms with van der Waals surface area (Å²) < 4.78 is 0. The van der Waals surface area contributed by atoms with Gasteiger partial charge in [0, 0.05) is 11.4 Å². The zero-order chi connectivity index (χ0) is 11.4. The van der Waals surface area contributed by atoms with Crippen LogP contribution in [0.3, 0.4) is 0 Å². The first kappa shape index (κ1) is 12.0. The lowest BCUT2D eigenvalue weighted by atomic mass is 9.87. The zero-order valence-electron chi connectivity index (χ0n) is 10.2. The molecule has 3 heteroatoms. The van der Waals surface area contributed by atoms with Crippen molar-refractivity contribution in [1.82, 2.24) is 9.97 Å². The summed E-state index contributed by atoms with van der Waals surface area (Å²) in [5.41, 5.74) is 9.17. The topological polar surface area (TPSA) is 51.8 Å². The number of aryl methyl sites for hydroxylation is 1. The Kier molecular flexibility index (Phi) is 4.06. The zero-order valence-corrected chi connectivity index (χ0v) is 10.2. The Balaban J connectivity index is 0.000000531. The van der Waals surface area contributed by atoms with Gasteiger partial charge in [0.15, 0.2) is 0 Å². The molecule has 1 aliphatic rings. The number of anilines is 1. The van der Waals surface area contributed by atoms with Crippen molar-refractivity contribution in [1.29, 1.82) is 0 Å². The molecule has 84 valence electrons. The number of nitrogens with two attached hydrogens (primary N) is 1. The number of hydrogen-bond acceptors (Lipinski definition) is 3. The maximum atomic E-state index is 5.61. The van der Waals surface area contributed by atoms with Crippen molar-refractivity contribution in [2.75, 3.05) is 5.73 Å². The second-order valence-corrected chi connectivity index (χ2v) is 3.94. The van der Waals surface area contributed by atoms with E-state index in [1.165, 1.54) is 17.7 Å². The highest BCUT2D eigenvalue weighted by Crippen LogP contribution is 2.25. The van der Waals surface area contributed by atoms with E-state index >= 15 is 0 Å². The molecule has 1 aromatic rings. The molecule has 0 bridgehead atoms. The van der Waals surface area contributed by atoms with E-state index in [4.69, 9.17) is 5.73 Å². The van der Waals surface area contributed by atoms with Crippen LogP contribution in [0.4, 0.5) is 5.95 Å². The summed E-state index contributed by atoms with van der Waals surface area (Å²) in [5.74, 6) is 1.16. The molecular formula is C12H21N3. The van der Waals surface area contributed by atoms with Gasteiger partial charge in [-0.05, 0) is 37.7 Å². The summed E-state index contributed by atoms with van der Waals surface area (Å²) in [7, 11) is 0. The Morgan fingerprint density at radius 1 is 1.27 bits per heavy atom. The summed E-state index contributed by atoms with van der Waals surface area (Å²) in [6.07, 6.45) is 3.42. The van der Waals surface area contributed by atoms with E-state index < -0.39 is 0 Å². The van der Waals surface area contributed by atoms with Crippen molar-refractivity contribution in [3.05, 3.63) is 17.0 Å². The van der Waals surface area contributed by atoms with Gasteiger partial charge in [-0.2, -0.15) is 0 Å². The third-order valence-corrected chi connectivity index (χ3v) is 2.75. The SMILES string of the molecule is CC.Cc1nc(N)nc2c1CCC(C)C2. The van der Waals surface area contributed by atoms with E-state index in [0.717, 1.165) is 24.5 Å². The highest BCUT2D eigenvalue weighted by molar-refractivity contribution is 5.33. The lowest BCUT2D eigenvalue weighted by molar-refractivity contribution is 0.489. The highest BCUT2D eigenvalue weighted by Gasteiger charge is 2.18. The van der Waals surface area contributed by atoms with E-state index in [9.17, 15) is 0 Å². The second-order valence-electron chi connectivity index (χ2n) is 3.94. The first-order valence-electron chi connectivity index (χ1n) is 5.78. The summed E-state index contributed by atoms with van der Waals surface area (Å²) in [4.78, 5) is 8.47. The predicted octanol–water partition coefficient (Wildman–Crippen LogP) is 2.52. The third-order valence-electron chi connectivity index (χ3n) is 2.75. The number of aromatic nitrogens is 2. The fourth-order valence-corrected chi connectivity index (χ4v) is 2.00. The molecule has 1 aliphatic carbocycles. The first-order chi connectivity index (χ1) is 7.16. The molecule has 0 radical (unpaired) electrons. The summed E-state index contributed by atoms with van der Waals surface area (Å²) in [6.45, 7) is 8.28. The molecule has 0 fully saturated rings. The van der Waals surface area contributed by atoms with Crippen LogP contribution in [0.2, 0.25) is 0 Å². The van der Waals surface area contributed by atoms with Gasteiger partial charge in [-0.3, -0.25) is 0 Å². The molecule has 3 nitrogen and oxygen atoms in total. The summed E-state index contributed by atoms with van der Waals surface area (Å²) in [6, 6.07) is 0. The second kappa shape index (κ2) is 5.10. The van der Waals surface area contributed by atoms with Crippen molar-refractivity contribution in [3.63, 3.8) is 0 Å². The molecule has 1 unspecified atom stereocenters. The number of nitrogens with zero attached hydrogens (tertiary/aromatic N) is 2. The van der Waals surface area contributed by atoms with Crippen molar-refractivity contribution >= 4 is 5.95 Å². The van der Waals surface area contributed by atoms with Gasteiger partial charge in [0.2, 0.25) is 5.95 Å². The molecule has 0 spiro atoms. The third kappa shape index (κ3) is 2.67. The van der Waals surface area contributed by atoms with Gasteiger partial charge in [-0.1, -0.05) is 20.8 Å². The van der Waals surface area contributed by atoms with Crippen molar-refractivity contribution in [3.8, 4) is 0 Å². The Morgan fingerprint density at radius 2 is 1.93 bits per heavy atom. The minimum atomic E-state index is 0.422. The molecule has 0 amide bonds.